The highest BCUT2D eigenvalue weighted by atomic mass is 32.2. The van der Waals surface area contributed by atoms with Crippen LogP contribution < -0.4 is 10.3 Å². The van der Waals surface area contributed by atoms with Gasteiger partial charge in [-0.05, 0) is 56.2 Å². The summed E-state index contributed by atoms with van der Waals surface area (Å²) >= 11 is 8.53. The van der Waals surface area contributed by atoms with Crippen LogP contribution in [0.5, 0.6) is 5.75 Å². The average Bonchev–Trinajstić information content (AvgIpc) is 3.47. The van der Waals surface area contributed by atoms with Crippen molar-refractivity contribution in [1.82, 2.24) is 14.1 Å². The number of thioether (sulfide) groups is 1. The van der Waals surface area contributed by atoms with Crippen LogP contribution in [0.2, 0.25) is 0 Å². The molecule has 0 aliphatic carbocycles. The molecule has 170 valence electrons. The third kappa shape index (κ3) is 4.38. The van der Waals surface area contributed by atoms with Crippen molar-refractivity contribution < 1.29 is 9.47 Å². The molecule has 3 heterocycles. The Kier molecular flexibility index (Phi) is 6.64. The molecule has 1 fully saturated rings. The number of hydrogen-bond donors (Lipinski definition) is 0. The largest absolute Gasteiger partial charge is 0.492 e. The number of rotatable bonds is 7. The summed E-state index contributed by atoms with van der Waals surface area (Å²) in [5.74, 6) is 1.45. The van der Waals surface area contributed by atoms with Gasteiger partial charge in [0.15, 0.2) is 14.8 Å². The normalized spacial score (nSPS) is 15.8. The summed E-state index contributed by atoms with van der Waals surface area (Å²) in [5.41, 5.74) is 2.01. The summed E-state index contributed by atoms with van der Waals surface area (Å²) < 4.78 is 16.3. The van der Waals surface area contributed by atoms with E-state index in [-0.39, 0.29) is 11.7 Å². The highest BCUT2D eigenvalue weighted by Crippen LogP contribution is 2.32. The quantitative estimate of drug-likeness (QED) is 0.187. The SMILES string of the molecule is CCOc1ccccc1-n1c(=S)sc2c(=O)n(-c3ccccc3)c(SC[C@@H]3CCCO3)nc21. The molecule has 1 aliphatic heterocycles. The number of thiazole rings is 1. The first-order valence-electron chi connectivity index (χ1n) is 10.9. The average molecular weight is 498 g/mol. The number of ether oxygens (including phenoxy) is 2. The van der Waals surface area contributed by atoms with Crippen LogP contribution in [-0.2, 0) is 4.74 Å². The summed E-state index contributed by atoms with van der Waals surface area (Å²) in [6.07, 6.45) is 2.28. The molecule has 0 radical (unpaired) electrons. The Labute approximate surface area is 204 Å². The van der Waals surface area contributed by atoms with E-state index in [0.29, 0.717) is 31.8 Å². The van der Waals surface area contributed by atoms with E-state index in [9.17, 15) is 4.79 Å². The van der Waals surface area contributed by atoms with Gasteiger partial charge in [-0.25, -0.2) is 4.98 Å². The van der Waals surface area contributed by atoms with Crippen LogP contribution in [0.1, 0.15) is 19.8 Å². The minimum atomic E-state index is -0.121. The van der Waals surface area contributed by atoms with Gasteiger partial charge in [0.25, 0.3) is 5.56 Å². The third-order valence-electron chi connectivity index (χ3n) is 5.42. The molecular weight excluding hydrogens is 474 g/mol. The van der Waals surface area contributed by atoms with Crippen molar-refractivity contribution >= 4 is 45.7 Å². The van der Waals surface area contributed by atoms with Crippen LogP contribution in [-0.4, -0.2) is 39.2 Å². The molecule has 1 atom stereocenters. The number of nitrogens with zero attached hydrogens (tertiary/aromatic N) is 3. The smallest absolute Gasteiger partial charge is 0.278 e. The minimum Gasteiger partial charge on any atom is -0.492 e. The lowest BCUT2D eigenvalue weighted by molar-refractivity contribution is 0.129. The van der Waals surface area contributed by atoms with Gasteiger partial charge in [-0.2, -0.15) is 0 Å². The van der Waals surface area contributed by atoms with Crippen LogP contribution in [0.3, 0.4) is 0 Å². The molecule has 5 rings (SSSR count). The van der Waals surface area contributed by atoms with Crippen molar-refractivity contribution in [1.29, 1.82) is 0 Å². The topological polar surface area (TPSA) is 58.3 Å². The molecule has 2 aromatic carbocycles. The Bertz CT molecular complexity index is 1390. The summed E-state index contributed by atoms with van der Waals surface area (Å²) in [5, 5.41) is 0.629. The number of para-hydroxylation sites is 3. The van der Waals surface area contributed by atoms with Gasteiger partial charge in [0, 0.05) is 12.4 Å². The zero-order valence-corrected chi connectivity index (χ0v) is 20.5. The van der Waals surface area contributed by atoms with Gasteiger partial charge in [0.1, 0.15) is 10.4 Å². The molecule has 0 N–H and O–H groups in total. The van der Waals surface area contributed by atoms with E-state index in [4.69, 9.17) is 26.7 Å². The van der Waals surface area contributed by atoms with Crippen molar-refractivity contribution in [3.63, 3.8) is 0 Å². The minimum absolute atomic E-state index is 0.121. The summed E-state index contributed by atoms with van der Waals surface area (Å²) in [6.45, 7) is 3.27. The molecule has 0 spiro atoms. The second-order valence-electron chi connectivity index (χ2n) is 7.57. The lowest BCUT2D eigenvalue weighted by Gasteiger charge is -2.15. The van der Waals surface area contributed by atoms with Crippen molar-refractivity contribution in [3.8, 4) is 17.1 Å². The molecule has 6 nitrogen and oxygen atoms in total. The van der Waals surface area contributed by atoms with Gasteiger partial charge in [0.2, 0.25) is 0 Å². The van der Waals surface area contributed by atoms with Crippen LogP contribution in [0.15, 0.2) is 64.5 Å². The lowest BCUT2D eigenvalue weighted by atomic mass is 10.3. The Morgan fingerprint density at radius 3 is 2.73 bits per heavy atom. The summed E-state index contributed by atoms with van der Waals surface area (Å²) in [4.78, 5) is 18.7. The van der Waals surface area contributed by atoms with Gasteiger partial charge in [0.05, 0.1) is 24.1 Å². The Hall–Kier alpha value is -2.46. The first kappa shape index (κ1) is 22.3. The van der Waals surface area contributed by atoms with Crippen LogP contribution in [0, 0.1) is 3.95 Å². The van der Waals surface area contributed by atoms with Gasteiger partial charge < -0.3 is 9.47 Å². The van der Waals surface area contributed by atoms with E-state index >= 15 is 0 Å². The number of benzene rings is 2. The Morgan fingerprint density at radius 1 is 1.18 bits per heavy atom. The maximum absolute atomic E-state index is 13.8. The molecule has 1 saturated heterocycles. The number of fused-ring (bicyclic) bond motifs is 1. The highest BCUT2D eigenvalue weighted by Gasteiger charge is 2.22. The predicted octanol–water partition coefficient (Wildman–Crippen LogP) is 5.64. The van der Waals surface area contributed by atoms with Crippen molar-refractivity contribution in [3.05, 3.63) is 68.9 Å². The maximum Gasteiger partial charge on any atom is 0.278 e. The van der Waals surface area contributed by atoms with Gasteiger partial charge in [-0.15, -0.1) is 0 Å². The zero-order chi connectivity index (χ0) is 22.8. The first-order valence-corrected chi connectivity index (χ1v) is 13.1. The summed E-state index contributed by atoms with van der Waals surface area (Å²) in [6, 6.07) is 17.3. The molecule has 1 aliphatic rings. The molecular formula is C24H23N3O3S3. The van der Waals surface area contributed by atoms with Crippen LogP contribution >= 0.6 is 35.3 Å². The van der Waals surface area contributed by atoms with Gasteiger partial charge >= 0.3 is 0 Å². The van der Waals surface area contributed by atoms with Gasteiger partial charge in [-0.3, -0.25) is 13.9 Å². The zero-order valence-electron chi connectivity index (χ0n) is 18.1. The Morgan fingerprint density at radius 2 is 1.97 bits per heavy atom. The molecule has 0 bridgehead atoms. The van der Waals surface area contributed by atoms with Gasteiger partial charge in [-0.1, -0.05) is 53.4 Å². The summed E-state index contributed by atoms with van der Waals surface area (Å²) in [7, 11) is 0. The second kappa shape index (κ2) is 9.80. The van der Waals surface area contributed by atoms with E-state index in [1.807, 2.05) is 66.1 Å². The van der Waals surface area contributed by atoms with Crippen molar-refractivity contribution in [2.24, 2.45) is 0 Å². The maximum atomic E-state index is 13.8. The lowest BCUT2D eigenvalue weighted by Crippen LogP contribution is -2.22. The Balaban J connectivity index is 1.72. The van der Waals surface area contributed by atoms with E-state index in [1.165, 1.54) is 11.3 Å². The molecule has 9 heteroatoms. The van der Waals surface area contributed by atoms with E-state index in [1.54, 1.807) is 16.3 Å². The molecule has 33 heavy (non-hydrogen) atoms. The van der Waals surface area contributed by atoms with Crippen LogP contribution in [0.25, 0.3) is 21.7 Å². The van der Waals surface area contributed by atoms with E-state index < -0.39 is 0 Å². The second-order valence-corrected chi connectivity index (χ2v) is 10.2. The first-order chi connectivity index (χ1) is 16.2. The fourth-order valence-corrected chi connectivity index (χ4v) is 6.27. The van der Waals surface area contributed by atoms with Crippen LogP contribution in [0.4, 0.5) is 0 Å². The van der Waals surface area contributed by atoms with E-state index in [2.05, 4.69) is 0 Å². The molecule has 2 aromatic heterocycles. The molecule has 4 aromatic rings. The van der Waals surface area contributed by atoms with Crippen molar-refractivity contribution in [2.45, 2.75) is 31.0 Å². The number of hydrogen-bond acceptors (Lipinski definition) is 7. The third-order valence-corrected chi connectivity index (χ3v) is 7.84. The molecule has 0 amide bonds. The van der Waals surface area contributed by atoms with Crippen molar-refractivity contribution in [2.75, 3.05) is 19.0 Å². The standard InChI is InChI=1S/C24H23N3O3S3/c1-2-29-19-13-7-6-12-18(19)27-21-20(33-24(27)31)22(28)26(16-9-4-3-5-10-16)23(25-21)32-15-17-11-8-14-30-17/h3-7,9-10,12-13,17H,2,8,11,14-15H2,1H3/t17-/m0/s1. The monoisotopic (exact) mass is 497 g/mol. The number of aromatic nitrogens is 3. The highest BCUT2D eigenvalue weighted by molar-refractivity contribution is 7.99. The molecule has 0 saturated carbocycles. The predicted molar refractivity (Wildman–Crippen MR) is 136 cm³/mol. The fraction of sp³-hybridized carbons (Fsp3) is 0.292. The molecule has 0 unspecified atom stereocenters. The fourth-order valence-electron chi connectivity index (χ4n) is 3.91. The van der Waals surface area contributed by atoms with E-state index in [0.717, 1.165) is 36.6 Å².